The average molecular weight is 284 g/mol. The van der Waals surface area contributed by atoms with Crippen LogP contribution in [0.5, 0.6) is 5.75 Å². The van der Waals surface area contributed by atoms with Crippen molar-refractivity contribution in [2.75, 3.05) is 13.2 Å². The summed E-state index contributed by atoms with van der Waals surface area (Å²) in [6.45, 7) is 12.5. The first kappa shape index (κ1) is 16.3. The molecular weight excluding hydrogens is 258 g/mol. The van der Waals surface area contributed by atoms with Gasteiger partial charge in [0.1, 0.15) is 5.75 Å². The highest BCUT2D eigenvalue weighted by Crippen LogP contribution is 2.24. The molecule has 1 rings (SSSR count). The summed E-state index contributed by atoms with van der Waals surface area (Å²) in [6.07, 6.45) is 0.925. The van der Waals surface area contributed by atoms with Gasteiger partial charge in [0, 0.05) is 23.0 Å². The lowest BCUT2D eigenvalue weighted by molar-refractivity contribution is 0.173. The fraction of sp³-hybridized carbons (Fsp3) is 0.625. The van der Waals surface area contributed by atoms with Crippen molar-refractivity contribution in [1.29, 1.82) is 0 Å². The molecule has 0 aromatic heterocycles. The van der Waals surface area contributed by atoms with Crippen molar-refractivity contribution in [3.8, 4) is 5.75 Å². The zero-order valence-corrected chi connectivity index (χ0v) is 13.5. The first-order chi connectivity index (χ1) is 8.84. The minimum absolute atomic E-state index is 0.107. The molecule has 0 heterocycles. The van der Waals surface area contributed by atoms with E-state index < -0.39 is 0 Å². The van der Waals surface area contributed by atoms with E-state index in [0.717, 1.165) is 29.3 Å². The topological polar surface area (TPSA) is 21.3 Å². The van der Waals surface area contributed by atoms with Crippen LogP contribution in [0.2, 0.25) is 5.02 Å². The Kier molecular flexibility index (Phi) is 6.15. The molecule has 108 valence electrons. The summed E-state index contributed by atoms with van der Waals surface area (Å²) >= 11 is 6.11. The second-order valence-corrected chi connectivity index (χ2v) is 6.50. The average Bonchev–Trinajstić information content (AvgIpc) is 2.36. The van der Waals surface area contributed by atoms with E-state index in [-0.39, 0.29) is 5.41 Å². The number of nitrogens with one attached hydrogen (secondary N) is 1. The third-order valence-corrected chi connectivity index (χ3v) is 3.39. The van der Waals surface area contributed by atoms with Crippen molar-refractivity contribution < 1.29 is 4.74 Å². The maximum absolute atomic E-state index is 6.11. The molecule has 1 aromatic carbocycles. The van der Waals surface area contributed by atoms with Gasteiger partial charge in [-0.05, 0) is 30.2 Å². The van der Waals surface area contributed by atoms with Crippen molar-refractivity contribution >= 4 is 11.6 Å². The molecule has 19 heavy (non-hydrogen) atoms. The molecule has 0 spiro atoms. The zero-order chi connectivity index (χ0) is 14.5. The van der Waals surface area contributed by atoms with E-state index in [9.17, 15) is 0 Å². The molecule has 0 amide bonds. The van der Waals surface area contributed by atoms with E-state index in [2.05, 4.69) is 39.9 Å². The Morgan fingerprint density at radius 1 is 1.32 bits per heavy atom. The van der Waals surface area contributed by atoms with Crippen LogP contribution in [0.15, 0.2) is 18.2 Å². The fourth-order valence-corrected chi connectivity index (χ4v) is 1.97. The SMILES string of the molecule is CCc1cc(OCC(C)(C)CNC(C)C)ccc1Cl. The summed E-state index contributed by atoms with van der Waals surface area (Å²) in [4.78, 5) is 0. The fourth-order valence-electron chi connectivity index (χ4n) is 1.72. The zero-order valence-electron chi connectivity index (χ0n) is 12.7. The van der Waals surface area contributed by atoms with E-state index in [1.54, 1.807) is 0 Å². The number of hydrogen-bond donors (Lipinski definition) is 1. The van der Waals surface area contributed by atoms with Crippen LogP contribution in [0.25, 0.3) is 0 Å². The molecule has 0 aliphatic rings. The van der Waals surface area contributed by atoms with Crippen molar-refractivity contribution in [1.82, 2.24) is 5.32 Å². The van der Waals surface area contributed by atoms with Gasteiger partial charge in [-0.3, -0.25) is 0 Å². The number of aryl methyl sites for hydroxylation is 1. The third kappa shape index (κ3) is 5.84. The largest absolute Gasteiger partial charge is 0.493 e. The third-order valence-electron chi connectivity index (χ3n) is 3.02. The summed E-state index contributed by atoms with van der Waals surface area (Å²) in [5.41, 5.74) is 1.24. The van der Waals surface area contributed by atoms with Crippen LogP contribution in [0, 0.1) is 5.41 Å². The molecule has 3 heteroatoms. The Hall–Kier alpha value is -0.730. The van der Waals surface area contributed by atoms with E-state index in [4.69, 9.17) is 16.3 Å². The number of ether oxygens (including phenoxy) is 1. The van der Waals surface area contributed by atoms with Crippen molar-refractivity contribution in [3.63, 3.8) is 0 Å². The molecule has 0 saturated carbocycles. The van der Waals surface area contributed by atoms with Gasteiger partial charge in [0.05, 0.1) is 6.61 Å². The molecule has 0 bridgehead atoms. The van der Waals surface area contributed by atoms with Gasteiger partial charge in [-0.1, -0.05) is 46.2 Å². The van der Waals surface area contributed by atoms with Crippen LogP contribution in [-0.2, 0) is 6.42 Å². The molecule has 0 atom stereocenters. The lowest BCUT2D eigenvalue weighted by atomic mass is 9.94. The predicted octanol–water partition coefficient (Wildman–Crippen LogP) is 4.31. The molecule has 0 fully saturated rings. The van der Waals surface area contributed by atoms with Gasteiger partial charge < -0.3 is 10.1 Å². The van der Waals surface area contributed by atoms with Crippen LogP contribution in [-0.4, -0.2) is 19.2 Å². The normalized spacial score (nSPS) is 11.9. The van der Waals surface area contributed by atoms with E-state index in [1.165, 1.54) is 0 Å². The molecule has 0 aliphatic carbocycles. The molecule has 0 radical (unpaired) electrons. The molecule has 0 aliphatic heterocycles. The molecule has 2 nitrogen and oxygen atoms in total. The summed E-state index contributed by atoms with van der Waals surface area (Å²) in [7, 11) is 0. The lowest BCUT2D eigenvalue weighted by Gasteiger charge is -2.26. The summed E-state index contributed by atoms with van der Waals surface area (Å²) < 4.78 is 5.90. The Bertz CT molecular complexity index is 402. The van der Waals surface area contributed by atoms with Gasteiger partial charge in [0.2, 0.25) is 0 Å². The number of rotatable bonds is 7. The Morgan fingerprint density at radius 3 is 2.58 bits per heavy atom. The quantitative estimate of drug-likeness (QED) is 0.805. The van der Waals surface area contributed by atoms with E-state index in [1.807, 2.05) is 18.2 Å². The standard InChI is InChI=1S/C16H26ClNO/c1-6-13-9-14(7-8-15(13)17)19-11-16(4,5)10-18-12(2)3/h7-9,12,18H,6,10-11H2,1-5H3. The second-order valence-electron chi connectivity index (χ2n) is 6.10. The highest BCUT2D eigenvalue weighted by Gasteiger charge is 2.19. The molecular formula is C16H26ClNO. The highest BCUT2D eigenvalue weighted by atomic mass is 35.5. The first-order valence-electron chi connectivity index (χ1n) is 6.98. The van der Waals surface area contributed by atoms with Crippen LogP contribution < -0.4 is 10.1 Å². The van der Waals surface area contributed by atoms with Crippen LogP contribution in [0.3, 0.4) is 0 Å². The predicted molar refractivity (Wildman–Crippen MR) is 83.2 cm³/mol. The van der Waals surface area contributed by atoms with Gasteiger partial charge in [0.25, 0.3) is 0 Å². The molecule has 1 N–H and O–H groups in total. The molecule has 0 unspecified atom stereocenters. The Labute approximate surface area is 122 Å². The van der Waals surface area contributed by atoms with Gasteiger partial charge in [-0.15, -0.1) is 0 Å². The van der Waals surface area contributed by atoms with Crippen LogP contribution in [0.4, 0.5) is 0 Å². The number of benzene rings is 1. The maximum atomic E-state index is 6.11. The highest BCUT2D eigenvalue weighted by molar-refractivity contribution is 6.31. The van der Waals surface area contributed by atoms with Crippen molar-refractivity contribution in [2.45, 2.75) is 47.1 Å². The van der Waals surface area contributed by atoms with Gasteiger partial charge in [-0.2, -0.15) is 0 Å². The van der Waals surface area contributed by atoms with Crippen LogP contribution in [0.1, 0.15) is 40.2 Å². The maximum Gasteiger partial charge on any atom is 0.119 e. The van der Waals surface area contributed by atoms with Crippen LogP contribution >= 0.6 is 11.6 Å². The first-order valence-corrected chi connectivity index (χ1v) is 7.36. The van der Waals surface area contributed by atoms with E-state index >= 15 is 0 Å². The number of hydrogen-bond acceptors (Lipinski definition) is 2. The minimum Gasteiger partial charge on any atom is -0.493 e. The summed E-state index contributed by atoms with van der Waals surface area (Å²) in [5, 5.41) is 4.27. The summed E-state index contributed by atoms with van der Waals surface area (Å²) in [6, 6.07) is 6.39. The second kappa shape index (κ2) is 7.16. The summed E-state index contributed by atoms with van der Waals surface area (Å²) in [5.74, 6) is 0.902. The smallest absolute Gasteiger partial charge is 0.119 e. The lowest BCUT2D eigenvalue weighted by Crippen LogP contribution is -2.37. The monoisotopic (exact) mass is 283 g/mol. The van der Waals surface area contributed by atoms with E-state index in [0.29, 0.717) is 12.6 Å². The van der Waals surface area contributed by atoms with Gasteiger partial charge in [-0.25, -0.2) is 0 Å². The van der Waals surface area contributed by atoms with Crippen molar-refractivity contribution in [3.05, 3.63) is 28.8 Å². The van der Waals surface area contributed by atoms with Crippen molar-refractivity contribution in [2.24, 2.45) is 5.41 Å². The number of halogens is 1. The van der Waals surface area contributed by atoms with Gasteiger partial charge >= 0.3 is 0 Å². The Balaban J connectivity index is 2.56. The van der Waals surface area contributed by atoms with Gasteiger partial charge in [0.15, 0.2) is 0 Å². The minimum atomic E-state index is 0.107. The molecule has 1 aromatic rings. The Morgan fingerprint density at radius 2 is 2.00 bits per heavy atom. The molecule has 0 saturated heterocycles.